The van der Waals surface area contributed by atoms with Crippen molar-refractivity contribution in [2.45, 2.75) is 26.8 Å². The standard InChI is InChI=1S/C17H20FN/c1-12(2)9-13-3-5-14(6-4-13)15-7-8-17(18)16(10-15)11-19/h3-8,10,12H,9,11,19H2,1-2H3. The van der Waals surface area contributed by atoms with Crippen LogP contribution < -0.4 is 5.73 Å². The second-order valence-corrected chi connectivity index (χ2v) is 5.31. The Labute approximate surface area is 114 Å². The molecular formula is C17H20FN. The second kappa shape index (κ2) is 5.98. The molecule has 1 nitrogen and oxygen atoms in total. The van der Waals surface area contributed by atoms with E-state index in [0.29, 0.717) is 11.5 Å². The van der Waals surface area contributed by atoms with Gasteiger partial charge in [-0.1, -0.05) is 44.2 Å². The summed E-state index contributed by atoms with van der Waals surface area (Å²) in [5, 5.41) is 0. The van der Waals surface area contributed by atoms with Gasteiger partial charge in [0.1, 0.15) is 5.82 Å². The van der Waals surface area contributed by atoms with Crippen molar-refractivity contribution in [2.24, 2.45) is 11.7 Å². The molecule has 100 valence electrons. The van der Waals surface area contributed by atoms with E-state index >= 15 is 0 Å². The van der Waals surface area contributed by atoms with E-state index in [2.05, 4.69) is 38.1 Å². The zero-order valence-corrected chi connectivity index (χ0v) is 11.5. The smallest absolute Gasteiger partial charge is 0.127 e. The first-order valence-electron chi connectivity index (χ1n) is 6.68. The van der Waals surface area contributed by atoms with E-state index in [0.717, 1.165) is 17.5 Å². The van der Waals surface area contributed by atoms with Crippen molar-refractivity contribution in [1.29, 1.82) is 0 Å². The molecule has 2 aromatic carbocycles. The molecule has 2 aromatic rings. The third-order valence-corrected chi connectivity index (χ3v) is 3.20. The van der Waals surface area contributed by atoms with Crippen molar-refractivity contribution in [3.63, 3.8) is 0 Å². The molecule has 0 saturated heterocycles. The highest BCUT2D eigenvalue weighted by Crippen LogP contribution is 2.23. The van der Waals surface area contributed by atoms with Crippen LogP contribution in [-0.4, -0.2) is 0 Å². The lowest BCUT2D eigenvalue weighted by molar-refractivity contribution is 0.611. The predicted octanol–water partition coefficient (Wildman–Crippen LogP) is 4.15. The third-order valence-electron chi connectivity index (χ3n) is 3.20. The molecule has 0 fully saturated rings. The van der Waals surface area contributed by atoms with Gasteiger partial charge in [0.05, 0.1) is 0 Å². The summed E-state index contributed by atoms with van der Waals surface area (Å²) in [7, 11) is 0. The summed E-state index contributed by atoms with van der Waals surface area (Å²) in [5.74, 6) is 0.420. The van der Waals surface area contributed by atoms with Crippen molar-refractivity contribution < 1.29 is 4.39 Å². The highest BCUT2D eigenvalue weighted by atomic mass is 19.1. The van der Waals surface area contributed by atoms with E-state index in [1.54, 1.807) is 6.07 Å². The largest absolute Gasteiger partial charge is 0.326 e. The van der Waals surface area contributed by atoms with E-state index in [4.69, 9.17) is 5.73 Å². The van der Waals surface area contributed by atoms with Gasteiger partial charge in [-0.25, -0.2) is 4.39 Å². The molecule has 19 heavy (non-hydrogen) atoms. The number of hydrogen-bond acceptors (Lipinski definition) is 1. The van der Waals surface area contributed by atoms with Gasteiger partial charge < -0.3 is 5.73 Å². The van der Waals surface area contributed by atoms with Gasteiger partial charge in [0.25, 0.3) is 0 Å². The Morgan fingerprint density at radius 2 is 1.63 bits per heavy atom. The van der Waals surface area contributed by atoms with Gasteiger partial charge in [-0.3, -0.25) is 0 Å². The Morgan fingerprint density at radius 3 is 2.21 bits per heavy atom. The molecule has 0 unspecified atom stereocenters. The molecule has 0 aliphatic heterocycles. The minimum Gasteiger partial charge on any atom is -0.326 e. The summed E-state index contributed by atoms with van der Waals surface area (Å²) in [6.45, 7) is 4.65. The van der Waals surface area contributed by atoms with Crippen LogP contribution in [0, 0.1) is 11.7 Å². The van der Waals surface area contributed by atoms with Crippen LogP contribution in [0.4, 0.5) is 4.39 Å². The summed E-state index contributed by atoms with van der Waals surface area (Å²) >= 11 is 0. The van der Waals surface area contributed by atoms with Crippen LogP contribution >= 0.6 is 0 Å². The summed E-state index contributed by atoms with van der Waals surface area (Å²) < 4.78 is 13.4. The van der Waals surface area contributed by atoms with E-state index in [-0.39, 0.29) is 12.4 Å². The average molecular weight is 257 g/mol. The van der Waals surface area contributed by atoms with Crippen LogP contribution in [0.2, 0.25) is 0 Å². The van der Waals surface area contributed by atoms with E-state index in [1.165, 1.54) is 11.6 Å². The fourth-order valence-corrected chi connectivity index (χ4v) is 2.22. The first-order valence-corrected chi connectivity index (χ1v) is 6.68. The van der Waals surface area contributed by atoms with Crippen LogP contribution in [0.1, 0.15) is 25.0 Å². The van der Waals surface area contributed by atoms with Crippen LogP contribution in [0.5, 0.6) is 0 Å². The average Bonchev–Trinajstić information content (AvgIpc) is 2.40. The molecule has 0 radical (unpaired) electrons. The van der Waals surface area contributed by atoms with Crippen LogP contribution in [-0.2, 0) is 13.0 Å². The number of benzene rings is 2. The molecule has 0 saturated carbocycles. The second-order valence-electron chi connectivity index (χ2n) is 5.31. The summed E-state index contributed by atoms with van der Waals surface area (Å²) in [6, 6.07) is 13.6. The molecule has 2 heteroatoms. The molecule has 0 aliphatic carbocycles. The maximum absolute atomic E-state index is 13.4. The highest BCUT2D eigenvalue weighted by molar-refractivity contribution is 5.64. The maximum atomic E-state index is 13.4. The fourth-order valence-electron chi connectivity index (χ4n) is 2.22. The fraction of sp³-hybridized carbons (Fsp3) is 0.294. The number of halogens is 1. The maximum Gasteiger partial charge on any atom is 0.127 e. The quantitative estimate of drug-likeness (QED) is 0.874. The van der Waals surface area contributed by atoms with E-state index in [1.807, 2.05) is 6.07 Å². The molecule has 2 rings (SSSR count). The van der Waals surface area contributed by atoms with Crippen molar-refractivity contribution in [3.05, 3.63) is 59.4 Å². The van der Waals surface area contributed by atoms with Gasteiger partial charge in [-0.2, -0.15) is 0 Å². The molecule has 0 aliphatic rings. The third kappa shape index (κ3) is 3.42. The number of rotatable bonds is 4. The van der Waals surface area contributed by atoms with E-state index in [9.17, 15) is 4.39 Å². The summed E-state index contributed by atoms with van der Waals surface area (Å²) in [6.07, 6.45) is 1.08. The molecular weight excluding hydrogens is 237 g/mol. The van der Waals surface area contributed by atoms with Crippen LogP contribution in [0.25, 0.3) is 11.1 Å². The first kappa shape index (κ1) is 13.8. The van der Waals surface area contributed by atoms with Crippen LogP contribution in [0.3, 0.4) is 0 Å². The lowest BCUT2D eigenvalue weighted by Gasteiger charge is -2.08. The normalized spacial score (nSPS) is 11.0. The van der Waals surface area contributed by atoms with Crippen molar-refractivity contribution in [1.82, 2.24) is 0 Å². The molecule has 0 heterocycles. The van der Waals surface area contributed by atoms with Gasteiger partial charge in [0.2, 0.25) is 0 Å². The first-order chi connectivity index (χ1) is 9.10. The Hall–Kier alpha value is -1.67. The van der Waals surface area contributed by atoms with Crippen LogP contribution in [0.15, 0.2) is 42.5 Å². The molecule has 0 atom stereocenters. The van der Waals surface area contributed by atoms with Crippen molar-refractivity contribution in [3.8, 4) is 11.1 Å². The summed E-state index contributed by atoms with van der Waals surface area (Å²) in [5.41, 5.74) is 9.54. The SMILES string of the molecule is CC(C)Cc1ccc(-c2ccc(F)c(CN)c2)cc1. The van der Waals surface area contributed by atoms with Crippen molar-refractivity contribution in [2.75, 3.05) is 0 Å². The van der Waals surface area contributed by atoms with Gasteiger partial charge >= 0.3 is 0 Å². The molecule has 2 N–H and O–H groups in total. The lowest BCUT2D eigenvalue weighted by atomic mass is 9.98. The molecule has 0 spiro atoms. The monoisotopic (exact) mass is 257 g/mol. The number of nitrogens with two attached hydrogens (primary N) is 1. The molecule has 0 amide bonds. The summed E-state index contributed by atoms with van der Waals surface area (Å²) in [4.78, 5) is 0. The highest BCUT2D eigenvalue weighted by Gasteiger charge is 2.04. The topological polar surface area (TPSA) is 26.0 Å². The molecule has 0 aromatic heterocycles. The lowest BCUT2D eigenvalue weighted by Crippen LogP contribution is -1.99. The van der Waals surface area contributed by atoms with Gasteiger partial charge in [-0.05, 0) is 41.2 Å². The predicted molar refractivity (Wildman–Crippen MR) is 78.3 cm³/mol. The van der Waals surface area contributed by atoms with Crippen molar-refractivity contribution >= 4 is 0 Å². The Bertz CT molecular complexity index is 544. The zero-order valence-electron chi connectivity index (χ0n) is 11.5. The van der Waals surface area contributed by atoms with Gasteiger partial charge in [0, 0.05) is 12.1 Å². The van der Waals surface area contributed by atoms with Gasteiger partial charge in [0.15, 0.2) is 0 Å². The molecule has 0 bridgehead atoms. The zero-order chi connectivity index (χ0) is 13.8. The number of hydrogen-bond donors (Lipinski definition) is 1. The Kier molecular flexibility index (Phi) is 4.33. The minimum absolute atomic E-state index is 0.227. The van der Waals surface area contributed by atoms with E-state index < -0.39 is 0 Å². The Balaban J connectivity index is 2.27. The minimum atomic E-state index is -0.234. The Morgan fingerprint density at radius 1 is 1.00 bits per heavy atom. The van der Waals surface area contributed by atoms with Gasteiger partial charge in [-0.15, -0.1) is 0 Å².